The number of nitro groups is 1. The molecule has 1 aromatic rings. The summed E-state index contributed by atoms with van der Waals surface area (Å²) in [7, 11) is 1.36. The van der Waals surface area contributed by atoms with Crippen LogP contribution in [0.15, 0.2) is 12.1 Å². The van der Waals surface area contributed by atoms with Gasteiger partial charge in [-0.05, 0) is 17.9 Å². The van der Waals surface area contributed by atoms with Crippen molar-refractivity contribution in [2.75, 3.05) is 0 Å². The van der Waals surface area contributed by atoms with Crippen molar-refractivity contribution in [2.24, 2.45) is 7.05 Å². The van der Waals surface area contributed by atoms with Gasteiger partial charge in [0, 0.05) is 6.07 Å². The Morgan fingerprint density at radius 1 is 1.53 bits per heavy atom. The van der Waals surface area contributed by atoms with E-state index in [2.05, 4.69) is 5.32 Å². The quantitative estimate of drug-likeness (QED) is 0.574. The number of rotatable bonds is 4. The molecule has 0 saturated carbocycles. The van der Waals surface area contributed by atoms with Crippen LogP contribution in [0.2, 0.25) is 0 Å². The number of nitrogens with zero attached hydrogens (tertiary/aromatic N) is 2. The molecule has 0 bridgehead atoms. The van der Waals surface area contributed by atoms with Crippen LogP contribution in [-0.2, 0) is 11.8 Å². The first kappa shape index (κ1) is 12.7. The molecule has 1 rings (SSSR count). The first-order valence-electron chi connectivity index (χ1n) is 4.68. The zero-order valence-electron chi connectivity index (χ0n) is 9.21. The van der Waals surface area contributed by atoms with Gasteiger partial charge in [-0.15, -0.1) is 0 Å². The van der Waals surface area contributed by atoms with Crippen molar-refractivity contribution in [2.45, 2.75) is 13.0 Å². The van der Waals surface area contributed by atoms with Crippen LogP contribution < -0.4 is 5.32 Å². The van der Waals surface area contributed by atoms with Crippen molar-refractivity contribution in [1.82, 2.24) is 9.88 Å². The van der Waals surface area contributed by atoms with E-state index in [4.69, 9.17) is 5.11 Å². The number of carbonyl (C=O) groups is 2. The summed E-state index contributed by atoms with van der Waals surface area (Å²) in [5.74, 6) is -2.09. The second kappa shape index (κ2) is 4.64. The summed E-state index contributed by atoms with van der Waals surface area (Å²) in [5.41, 5.74) is 0.0322. The fraction of sp³-hybridized carbons (Fsp3) is 0.333. The lowest BCUT2D eigenvalue weighted by molar-refractivity contribution is -0.391. The fourth-order valence-electron chi connectivity index (χ4n) is 1.24. The number of nitrogens with one attached hydrogen (secondary N) is 1. The molecule has 0 aliphatic carbocycles. The minimum atomic E-state index is -1.18. The highest BCUT2D eigenvalue weighted by Gasteiger charge is 2.23. The average Bonchev–Trinajstić information content (AvgIpc) is 2.59. The van der Waals surface area contributed by atoms with Gasteiger partial charge >= 0.3 is 11.8 Å². The lowest BCUT2D eigenvalue weighted by atomic mass is 10.3. The molecule has 0 aromatic carbocycles. The zero-order valence-corrected chi connectivity index (χ0v) is 9.21. The Labute approximate surface area is 96.0 Å². The van der Waals surface area contributed by atoms with Gasteiger partial charge in [0.1, 0.15) is 6.04 Å². The molecule has 0 aliphatic heterocycles. The predicted octanol–water partition coefficient (Wildman–Crippen LogP) is 0.136. The first-order chi connectivity index (χ1) is 7.84. The van der Waals surface area contributed by atoms with Crippen LogP contribution in [0, 0.1) is 10.1 Å². The molecule has 0 fully saturated rings. The molecule has 0 spiro atoms. The topological polar surface area (TPSA) is 114 Å². The molecule has 1 amide bonds. The van der Waals surface area contributed by atoms with Gasteiger partial charge in [-0.25, -0.2) is 4.57 Å². The summed E-state index contributed by atoms with van der Waals surface area (Å²) in [6.07, 6.45) is 0. The van der Waals surface area contributed by atoms with Gasteiger partial charge in [0.05, 0.1) is 7.05 Å². The Morgan fingerprint density at radius 3 is 2.53 bits per heavy atom. The van der Waals surface area contributed by atoms with Crippen LogP contribution in [0.4, 0.5) is 5.82 Å². The Kier molecular flexibility index (Phi) is 3.46. The summed E-state index contributed by atoms with van der Waals surface area (Å²) < 4.78 is 1.09. The number of aliphatic carboxylic acids is 1. The fourth-order valence-corrected chi connectivity index (χ4v) is 1.24. The molecule has 1 aromatic heterocycles. The minimum Gasteiger partial charge on any atom is -0.480 e. The summed E-state index contributed by atoms with van der Waals surface area (Å²) in [5, 5.41) is 21.4. The van der Waals surface area contributed by atoms with Gasteiger partial charge < -0.3 is 20.5 Å². The second-order valence-corrected chi connectivity index (χ2v) is 3.43. The summed E-state index contributed by atoms with van der Waals surface area (Å²) in [4.78, 5) is 32.1. The molecule has 1 atom stereocenters. The molecule has 1 heterocycles. The molecular formula is C9H11N3O5. The first-order valence-corrected chi connectivity index (χ1v) is 4.68. The third kappa shape index (κ3) is 2.60. The van der Waals surface area contributed by atoms with E-state index < -0.39 is 22.8 Å². The maximum Gasteiger partial charge on any atom is 0.325 e. The number of hydrogen-bond acceptors (Lipinski definition) is 4. The van der Waals surface area contributed by atoms with Gasteiger partial charge in [-0.3, -0.25) is 9.59 Å². The highest BCUT2D eigenvalue weighted by Crippen LogP contribution is 2.14. The zero-order chi connectivity index (χ0) is 13.2. The molecule has 92 valence electrons. The predicted molar refractivity (Wildman–Crippen MR) is 56.6 cm³/mol. The van der Waals surface area contributed by atoms with E-state index in [-0.39, 0.29) is 11.5 Å². The molecule has 1 unspecified atom stereocenters. The SMILES string of the molecule is CC(NC(=O)c1ccc([N+](=O)[O-])n1C)C(=O)O. The van der Waals surface area contributed by atoms with Gasteiger partial charge in [-0.2, -0.15) is 0 Å². The van der Waals surface area contributed by atoms with E-state index in [1.54, 1.807) is 0 Å². The highest BCUT2D eigenvalue weighted by molar-refractivity contribution is 5.95. The van der Waals surface area contributed by atoms with Crippen LogP contribution in [0.5, 0.6) is 0 Å². The number of aromatic nitrogens is 1. The van der Waals surface area contributed by atoms with E-state index in [1.165, 1.54) is 26.1 Å². The van der Waals surface area contributed by atoms with E-state index >= 15 is 0 Å². The summed E-state index contributed by atoms with van der Waals surface area (Å²) in [6, 6.07) is 1.39. The number of amides is 1. The van der Waals surface area contributed by atoms with Crippen LogP contribution >= 0.6 is 0 Å². The largest absolute Gasteiger partial charge is 0.480 e. The minimum absolute atomic E-state index is 0.0322. The van der Waals surface area contributed by atoms with Gasteiger partial charge in [-0.1, -0.05) is 0 Å². The number of carboxylic acid groups (broad SMARTS) is 1. The van der Waals surface area contributed by atoms with Crippen molar-refractivity contribution in [1.29, 1.82) is 0 Å². The maximum atomic E-state index is 11.6. The average molecular weight is 241 g/mol. The molecule has 8 nitrogen and oxygen atoms in total. The Bertz CT molecular complexity index is 479. The van der Waals surface area contributed by atoms with E-state index in [0.717, 1.165) is 4.57 Å². The van der Waals surface area contributed by atoms with Gasteiger partial charge in [0.25, 0.3) is 5.91 Å². The summed E-state index contributed by atoms with van der Waals surface area (Å²) in [6.45, 7) is 1.30. The van der Waals surface area contributed by atoms with Crippen LogP contribution in [-0.4, -0.2) is 32.5 Å². The Hall–Kier alpha value is -2.38. The molecule has 17 heavy (non-hydrogen) atoms. The van der Waals surface area contributed by atoms with Crippen molar-refractivity contribution in [3.05, 3.63) is 27.9 Å². The standard InChI is InChI=1S/C9H11N3O5/c1-5(9(14)15)10-8(13)6-3-4-7(11(6)2)12(16)17/h3-5H,1-2H3,(H,10,13)(H,14,15). The maximum absolute atomic E-state index is 11.6. The normalized spacial score (nSPS) is 11.9. The third-order valence-corrected chi connectivity index (χ3v) is 2.23. The third-order valence-electron chi connectivity index (χ3n) is 2.23. The van der Waals surface area contributed by atoms with Gasteiger partial charge in [0.15, 0.2) is 5.69 Å². The van der Waals surface area contributed by atoms with E-state index in [0.29, 0.717) is 0 Å². The van der Waals surface area contributed by atoms with E-state index in [1.807, 2.05) is 0 Å². The number of carboxylic acids is 1. The summed E-state index contributed by atoms with van der Waals surface area (Å²) >= 11 is 0. The number of hydrogen-bond donors (Lipinski definition) is 2. The van der Waals surface area contributed by atoms with Crippen molar-refractivity contribution in [3.63, 3.8) is 0 Å². The van der Waals surface area contributed by atoms with E-state index in [9.17, 15) is 19.7 Å². The Morgan fingerprint density at radius 2 is 2.12 bits per heavy atom. The molecule has 8 heteroatoms. The van der Waals surface area contributed by atoms with Crippen LogP contribution in [0.1, 0.15) is 17.4 Å². The lowest BCUT2D eigenvalue weighted by Crippen LogP contribution is -2.39. The van der Waals surface area contributed by atoms with Crippen molar-refractivity contribution in [3.8, 4) is 0 Å². The lowest BCUT2D eigenvalue weighted by Gasteiger charge is -2.07. The van der Waals surface area contributed by atoms with Crippen molar-refractivity contribution >= 4 is 17.7 Å². The van der Waals surface area contributed by atoms with Crippen LogP contribution in [0.3, 0.4) is 0 Å². The molecule has 0 radical (unpaired) electrons. The molecule has 0 aliphatic rings. The van der Waals surface area contributed by atoms with Crippen molar-refractivity contribution < 1.29 is 19.6 Å². The smallest absolute Gasteiger partial charge is 0.325 e. The molecular weight excluding hydrogens is 230 g/mol. The molecule has 0 saturated heterocycles. The second-order valence-electron chi connectivity index (χ2n) is 3.43. The van der Waals surface area contributed by atoms with Gasteiger partial charge in [0.2, 0.25) is 0 Å². The molecule has 2 N–H and O–H groups in total. The number of carbonyl (C=O) groups excluding carboxylic acids is 1. The van der Waals surface area contributed by atoms with Crippen LogP contribution in [0.25, 0.3) is 0 Å². The Balaban J connectivity index is 2.91. The highest BCUT2D eigenvalue weighted by atomic mass is 16.6. The monoisotopic (exact) mass is 241 g/mol.